The molecular formula is C25H21NO4. The predicted octanol–water partition coefficient (Wildman–Crippen LogP) is 5.22. The summed E-state index contributed by atoms with van der Waals surface area (Å²) in [5, 5.41) is 12.1. The third-order valence-corrected chi connectivity index (χ3v) is 4.32. The Hall–Kier alpha value is -4.12. The largest absolute Gasteiger partial charge is 0.497 e. The topological polar surface area (TPSA) is 75.6 Å². The summed E-state index contributed by atoms with van der Waals surface area (Å²) >= 11 is 0. The SMILES string of the molecule is COc1cccc(C=Cc2ccc(C(=O)O)c(NC(=O)/C=C/c3ccccc3)c2)c1. The summed E-state index contributed by atoms with van der Waals surface area (Å²) in [6, 6.07) is 21.7. The predicted molar refractivity (Wildman–Crippen MR) is 119 cm³/mol. The quantitative estimate of drug-likeness (QED) is 0.422. The molecule has 0 atom stereocenters. The number of benzene rings is 3. The van der Waals surface area contributed by atoms with Crippen molar-refractivity contribution in [3.8, 4) is 5.75 Å². The van der Waals surface area contributed by atoms with Crippen LogP contribution in [0.25, 0.3) is 18.2 Å². The molecule has 3 aromatic carbocycles. The van der Waals surface area contributed by atoms with Gasteiger partial charge in [0, 0.05) is 6.08 Å². The lowest BCUT2D eigenvalue weighted by molar-refractivity contribution is -0.111. The zero-order valence-electron chi connectivity index (χ0n) is 16.4. The highest BCUT2D eigenvalue weighted by molar-refractivity contribution is 6.06. The monoisotopic (exact) mass is 399 g/mol. The first-order valence-corrected chi connectivity index (χ1v) is 9.29. The Morgan fingerprint density at radius 1 is 0.833 bits per heavy atom. The highest BCUT2D eigenvalue weighted by Gasteiger charge is 2.12. The average molecular weight is 399 g/mol. The molecular weight excluding hydrogens is 378 g/mol. The van der Waals surface area contributed by atoms with E-state index in [2.05, 4.69) is 5.32 Å². The number of ether oxygens (including phenoxy) is 1. The van der Waals surface area contributed by atoms with E-state index in [4.69, 9.17) is 4.74 Å². The minimum absolute atomic E-state index is 0.0231. The van der Waals surface area contributed by atoms with Crippen molar-refractivity contribution in [2.24, 2.45) is 0 Å². The van der Waals surface area contributed by atoms with Crippen LogP contribution in [-0.2, 0) is 4.79 Å². The molecule has 0 saturated carbocycles. The van der Waals surface area contributed by atoms with Crippen LogP contribution in [0.2, 0.25) is 0 Å². The van der Waals surface area contributed by atoms with Gasteiger partial charge < -0.3 is 15.2 Å². The van der Waals surface area contributed by atoms with Gasteiger partial charge in [-0.05, 0) is 47.0 Å². The van der Waals surface area contributed by atoms with Gasteiger partial charge in [0.1, 0.15) is 5.75 Å². The molecule has 0 aliphatic rings. The zero-order valence-corrected chi connectivity index (χ0v) is 16.4. The second-order valence-electron chi connectivity index (χ2n) is 6.45. The van der Waals surface area contributed by atoms with Crippen LogP contribution in [0.3, 0.4) is 0 Å². The first kappa shape index (κ1) is 20.6. The summed E-state index contributed by atoms with van der Waals surface area (Å²) in [7, 11) is 1.61. The van der Waals surface area contributed by atoms with Gasteiger partial charge >= 0.3 is 5.97 Å². The molecule has 5 heteroatoms. The van der Waals surface area contributed by atoms with Gasteiger partial charge in [-0.25, -0.2) is 4.79 Å². The van der Waals surface area contributed by atoms with Gasteiger partial charge in [0.15, 0.2) is 0 Å². The summed E-state index contributed by atoms with van der Waals surface area (Å²) in [6.07, 6.45) is 6.77. The lowest BCUT2D eigenvalue weighted by atomic mass is 10.1. The van der Waals surface area contributed by atoms with Crippen molar-refractivity contribution in [2.45, 2.75) is 0 Å². The number of carboxylic acid groups (broad SMARTS) is 1. The number of hydrogen-bond donors (Lipinski definition) is 2. The van der Waals surface area contributed by atoms with Crippen LogP contribution in [0.15, 0.2) is 78.9 Å². The Morgan fingerprint density at radius 3 is 2.23 bits per heavy atom. The van der Waals surface area contributed by atoms with Crippen molar-refractivity contribution in [3.05, 3.63) is 101 Å². The number of carboxylic acids is 1. The number of aromatic carboxylic acids is 1. The van der Waals surface area contributed by atoms with Crippen molar-refractivity contribution in [3.63, 3.8) is 0 Å². The number of nitrogens with one attached hydrogen (secondary N) is 1. The number of methoxy groups -OCH3 is 1. The molecule has 30 heavy (non-hydrogen) atoms. The molecule has 150 valence electrons. The first-order valence-electron chi connectivity index (χ1n) is 9.29. The van der Waals surface area contributed by atoms with Crippen LogP contribution in [0.4, 0.5) is 5.69 Å². The second-order valence-corrected chi connectivity index (χ2v) is 6.45. The molecule has 0 aliphatic heterocycles. The summed E-state index contributed by atoms with van der Waals surface area (Å²) < 4.78 is 5.21. The molecule has 5 nitrogen and oxygen atoms in total. The van der Waals surface area contributed by atoms with E-state index in [1.165, 1.54) is 12.1 Å². The van der Waals surface area contributed by atoms with Crippen molar-refractivity contribution in [1.29, 1.82) is 0 Å². The van der Waals surface area contributed by atoms with Crippen LogP contribution in [0, 0.1) is 0 Å². The Kier molecular flexibility index (Phi) is 6.79. The smallest absolute Gasteiger partial charge is 0.337 e. The van der Waals surface area contributed by atoms with E-state index in [-0.39, 0.29) is 11.3 Å². The lowest BCUT2D eigenvalue weighted by Gasteiger charge is -2.08. The number of carbonyl (C=O) groups excluding carboxylic acids is 1. The molecule has 0 saturated heterocycles. The van der Waals surface area contributed by atoms with Gasteiger partial charge in [-0.15, -0.1) is 0 Å². The third kappa shape index (κ3) is 5.69. The van der Waals surface area contributed by atoms with Gasteiger partial charge in [-0.3, -0.25) is 4.79 Å². The standard InChI is InChI=1S/C25H21NO4/c1-30-21-9-5-8-19(16-21)10-11-20-12-14-22(25(28)29)23(17-20)26-24(27)15-13-18-6-3-2-4-7-18/h2-17H,1H3,(H,26,27)(H,28,29)/b11-10?,15-13+. The molecule has 0 bridgehead atoms. The minimum Gasteiger partial charge on any atom is -0.497 e. The second kappa shape index (κ2) is 9.89. The molecule has 3 rings (SSSR count). The maximum absolute atomic E-state index is 12.3. The highest BCUT2D eigenvalue weighted by atomic mass is 16.5. The highest BCUT2D eigenvalue weighted by Crippen LogP contribution is 2.21. The maximum atomic E-state index is 12.3. The summed E-state index contributed by atoms with van der Waals surface area (Å²) in [5.41, 5.74) is 2.83. The number of hydrogen-bond acceptors (Lipinski definition) is 3. The van der Waals surface area contributed by atoms with Crippen molar-refractivity contribution < 1.29 is 19.4 Å². The third-order valence-electron chi connectivity index (χ3n) is 4.32. The summed E-state index contributed by atoms with van der Waals surface area (Å²) in [5.74, 6) is -0.771. The van der Waals surface area contributed by atoms with Crippen molar-refractivity contribution in [2.75, 3.05) is 12.4 Å². The molecule has 0 fully saturated rings. The van der Waals surface area contributed by atoms with Crippen molar-refractivity contribution >= 4 is 35.8 Å². The fourth-order valence-electron chi connectivity index (χ4n) is 2.80. The fraction of sp³-hybridized carbons (Fsp3) is 0.0400. The molecule has 0 heterocycles. The van der Waals surface area contributed by atoms with E-state index in [1.54, 1.807) is 25.3 Å². The molecule has 1 amide bonds. The van der Waals surface area contributed by atoms with Gasteiger partial charge in [-0.2, -0.15) is 0 Å². The van der Waals surface area contributed by atoms with E-state index >= 15 is 0 Å². The van der Waals surface area contributed by atoms with E-state index in [0.29, 0.717) is 0 Å². The van der Waals surface area contributed by atoms with E-state index in [0.717, 1.165) is 22.4 Å². The molecule has 2 N–H and O–H groups in total. The Bertz CT molecular complexity index is 1100. The lowest BCUT2D eigenvalue weighted by Crippen LogP contribution is -2.12. The van der Waals surface area contributed by atoms with Gasteiger partial charge in [-0.1, -0.05) is 60.7 Å². The maximum Gasteiger partial charge on any atom is 0.337 e. The molecule has 0 aromatic heterocycles. The minimum atomic E-state index is -1.11. The van der Waals surface area contributed by atoms with Gasteiger partial charge in [0.25, 0.3) is 0 Å². The Morgan fingerprint density at radius 2 is 1.53 bits per heavy atom. The van der Waals surface area contributed by atoms with E-state index < -0.39 is 11.9 Å². The Labute approximate surface area is 175 Å². The van der Waals surface area contributed by atoms with Crippen LogP contribution in [-0.4, -0.2) is 24.1 Å². The number of carbonyl (C=O) groups is 2. The van der Waals surface area contributed by atoms with E-state index in [9.17, 15) is 14.7 Å². The molecule has 0 unspecified atom stereocenters. The van der Waals surface area contributed by atoms with Crippen LogP contribution < -0.4 is 10.1 Å². The molecule has 0 aliphatic carbocycles. The zero-order chi connectivity index (χ0) is 21.3. The fourth-order valence-corrected chi connectivity index (χ4v) is 2.80. The number of anilines is 1. The van der Waals surface area contributed by atoms with Crippen LogP contribution >= 0.6 is 0 Å². The van der Waals surface area contributed by atoms with Gasteiger partial charge in [0.05, 0.1) is 18.4 Å². The molecule has 3 aromatic rings. The normalized spacial score (nSPS) is 11.0. The summed E-state index contributed by atoms with van der Waals surface area (Å²) in [6.45, 7) is 0. The van der Waals surface area contributed by atoms with Crippen LogP contribution in [0.1, 0.15) is 27.0 Å². The molecule has 0 radical (unpaired) electrons. The Balaban J connectivity index is 1.80. The summed E-state index contributed by atoms with van der Waals surface area (Å²) in [4.78, 5) is 23.8. The van der Waals surface area contributed by atoms with Crippen LogP contribution in [0.5, 0.6) is 5.75 Å². The van der Waals surface area contributed by atoms with Gasteiger partial charge in [0.2, 0.25) is 5.91 Å². The van der Waals surface area contributed by atoms with E-state index in [1.807, 2.05) is 66.7 Å². The number of rotatable bonds is 7. The first-order chi connectivity index (χ1) is 14.5. The molecule has 0 spiro atoms. The number of amides is 1. The van der Waals surface area contributed by atoms with Crippen molar-refractivity contribution in [1.82, 2.24) is 0 Å². The average Bonchev–Trinajstić information content (AvgIpc) is 2.77.